The van der Waals surface area contributed by atoms with Gasteiger partial charge in [-0.05, 0) is 19.1 Å². The number of hydrogen-bond donors (Lipinski definition) is 3. The van der Waals surface area contributed by atoms with E-state index >= 15 is 0 Å². The largest absolute Gasteiger partial charge is 0.399 e. The van der Waals surface area contributed by atoms with Crippen LogP contribution in [0.2, 0.25) is 5.02 Å². The predicted molar refractivity (Wildman–Crippen MR) is 79.7 cm³/mol. The quantitative estimate of drug-likeness (QED) is 0.747. The number of benzene rings is 1. The molecule has 0 bridgehead atoms. The summed E-state index contributed by atoms with van der Waals surface area (Å²) in [5.41, 5.74) is 14.2. The van der Waals surface area contributed by atoms with Crippen molar-refractivity contribution in [2.24, 2.45) is 12.8 Å². The van der Waals surface area contributed by atoms with E-state index in [0.717, 1.165) is 11.3 Å². The van der Waals surface area contributed by atoms with E-state index in [-0.39, 0.29) is 5.56 Å². The van der Waals surface area contributed by atoms with Crippen molar-refractivity contribution in [2.75, 3.05) is 11.1 Å². The number of anilines is 2. The van der Waals surface area contributed by atoms with E-state index in [4.69, 9.17) is 23.1 Å². The third-order valence-electron chi connectivity index (χ3n) is 3.17. The van der Waals surface area contributed by atoms with Crippen molar-refractivity contribution >= 4 is 28.9 Å². The predicted octanol–water partition coefficient (Wildman–Crippen LogP) is 1.68. The second-order valence-electron chi connectivity index (χ2n) is 4.52. The van der Waals surface area contributed by atoms with Crippen molar-refractivity contribution in [3.8, 4) is 0 Å². The Morgan fingerprint density at radius 3 is 2.75 bits per heavy atom. The molecular weight excluding hydrogens is 278 g/mol. The number of primary amides is 1. The summed E-state index contributed by atoms with van der Waals surface area (Å²) in [6.07, 6.45) is 1.76. The number of carbonyl (C=O) groups excluding carboxylic acids is 1. The number of nitrogen functional groups attached to an aromatic ring is 1. The van der Waals surface area contributed by atoms with Gasteiger partial charge < -0.3 is 16.8 Å². The SMILES string of the molecule is Cc1c(CNc2c(Cl)cc(N)cc2C(N)=O)cnn1C. The summed E-state index contributed by atoms with van der Waals surface area (Å²) in [4.78, 5) is 11.5. The van der Waals surface area contributed by atoms with Crippen LogP contribution in [0.5, 0.6) is 0 Å². The highest BCUT2D eigenvalue weighted by Gasteiger charge is 2.14. The number of nitrogens with two attached hydrogens (primary N) is 2. The van der Waals surface area contributed by atoms with Crippen molar-refractivity contribution < 1.29 is 4.79 Å². The number of nitrogens with zero attached hydrogens (tertiary/aromatic N) is 2. The molecule has 0 spiro atoms. The second kappa shape index (κ2) is 5.42. The Hall–Kier alpha value is -2.21. The molecule has 0 unspecified atom stereocenters. The second-order valence-corrected chi connectivity index (χ2v) is 4.93. The molecule has 1 heterocycles. The lowest BCUT2D eigenvalue weighted by molar-refractivity contribution is 0.100. The standard InChI is InChI=1S/C13H16ClN5O/c1-7-8(6-18-19(7)2)5-17-12-10(13(16)20)3-9(15)4-11(12)14/h3-4,6,17H,5,15H2,1-2H3,(H2,16,20). The van der Waals surface area contributed by atoms with Gasteiger partial charge in [-0.1, -0.05) is 11.6 Å². The van der Waals surface area contributed by atoms with Crippen LogP contribution < -0.4 is 16.8 Å². The molecular formula is C13H16ClN5O. The smallest absolute Gasteiger partial charge is 0.250 e. The normalized spacial score (nSPS) is 10.6. The maximum absolute atomic E-state index is 11.5. The van der Waals surface area contributed by atoms with Gasteiger partial charge in [0.05, 0.1) is 22.5 Å². The summed E-state index contributed by atoms with van der Waals surface area (Å²) in [5, 5.41) is 7.63. The summed E-state index contributed by atoms with van der Waals surface area (Å²) in [7, 11) is 1.86. The van der Waals surface area contributed by atoms with Gasteiger partial charge in [0.25, 0.3) is 5.91 Å². The minimum atomic E-state index is -0.579. The minimum Gasteiger partial charge on any atom is -0.399 e. The lowest BCUT2D eigenvalue weighted by Gasteiger charge is -2.13. The van der Waals surface area contributed by atoms with E-state index in [9.17, 15) is 4.79 Å². The lowest BCUT2D eigenvalue weighted by atomic mass is 10.1. The highest BCUT2D eigenvalue weighted by molar-refractivity contribution is 6.34. The molecule has 1 amide bonds. The van der Waals surface area contributed by atoms with Crippen molar-refractivity contribution in [2.45, 2.75) is 13.5 Å². The minimum absolute atomic E-state index is 0.275. The van der Waals surface area contributed by atoms with Gasteiger partial charge in [-0.3, -0.25) is 9.48 Å². The van der Waals surface area contributed by atoms with Crippen LogP contribution in [0, 0.1) is 6.92 Å². The van der Waals surface area contributed by atoms with Gasteiger partial charge in [-0.15, -0.1) is 0 Å². The molecule has 0 aliphatic heterocycles. The van der Waals surface area contributed by atoms with Gasteiger partial charge >= 0.3 is 0 Å². The zero-order valence-electron chi connectivity index (χ0n) is 11.3. The van der Waals surface area contributed by atoms with Crippen LogP contribution in [-0.2, 0) is 13.6 Å². The molecule has 5 N–H and O–H groups in total. The van der Waals surface area contributed by atoms with E-state index in [1.165, 1.54) is 6.07 Å². The highest BCUT2D eigenvalue weighted by atomic mass is 35.5. The van der Waals surface area contributed by atoms with Crippen LogP contribution in [0.25, 0.3) is 0 Å². The Morgan fingerprint density at radius 1 is 1.50 bits per heavy atom. The molecule has 0 fully saturated rings. The Kier molecular flexibility index (Phi) is 3.85. The van der Waals surface area contributed by atoms with Crippen LogP contribution in [0.1, 0.15) is 21.6 Å². The molecule has 20 heavy (non-hydrogen) atoms. The fourth-order valence-electron chi connectivity index (χ4n) is 1.90. The number of hydrogen-bond acceptors (Lipinski definition) is 4. The average Bonchev–Trinajstić information content (AvgIpc) is 2.68. The molecule has 6 nitrogen and oxygen atoms in total. The summed E-state index contributed by atoms with van der Waals surface area (Å²) in [5.74, 6) is -0.579. The van der Waals surface area contributed by atoms with Gasteiger partial charge in [0, 0.05) is 30.5 Å². The van der Waals surface area contributed by atoms with Crippen LogP contribution in [0.4, 0.5) is 11.4 Å². The highest BCUT2D eigenvalue weighted by Crippen LogP contribution is 2.29. The number of amides is 1. The van der Waals surface area contributed by atoms with E-state index in [1.807, 2.05) is 14.0 Å². The molecule has 0 atom stereocenters. The first kappa shape index (κ1) is 14.2. The average molecular weight is 294 g/mol. The Morgan fingerprint density at radius 2 is 2.20 bits per heavy atom. The molecule has 2 aromatic rings. The van der Waals surface area contributed by atoms with Crippen LogP contribution in [0.3, 0.4) is 0 Å². The first-order chi connectivity index (χ1) is 9.40. The van der Waals surface area contributed by atoms with Crippen LogP contribution >= 0.6 is 11.6 Å². The molecule has 0 aliphatic rings. The summed E-state index contributed by atoms with van der Waals surface area (Å²) in [6.45, 7) is 2.45. The zero-order chi connectivity index (χ0) is 14.9. The van der Waals surface area contributed by atoms with Gasteiger partial charge in [0.2, 0.25) is 0 Å². The van der Waals surface area contributed by atoms with Crippen molar-refractivity contribution in [1.82, 2.24) is 9.78 Å². The molecule has 7 heteroatoms. The van der Waals surface area contributed by atoms with Crippen molar-refractivity contribution in [3.63, 3.8) is 0 Å². The van der Waals surface area contributed by atoms with Crippen LogP contribution in [-0.4, -0.2) is 15.7 Å². The Labute approximate surface area is 121 Å². The Bertz CT molecular complexity index is 665. The summed E-state index contributed by atoms with van der Waals surface area (Å²) < 4.78 is 1.77. The summed E-state index contributed by atoms with van der Waals surface area (Å²) >= 11 is 6.12. The van der Waals surface area contributed by atoms with Crippen molar-refractivity contribution in [1.29, 1.82) is 0 Å². The van der Waals surface area contributed by atoms with E-state index in [0.29, 0.717) is 22.9 Å². The third-order valence-corrected chi connectivity index (χ3v) is 3.47. The molecule has 1 aromatic carbocycles. The molecule has 2 rings (SSSR count). The molecule has 1 aromatic heterocycles. The van der Waals surface area contributed by atoms with E-state index < -0.39 is 5.91 Å². The first-order valence-corrected chi connectivity index (χ1v) is 6.38. The summed E-state index contributed by atoms with van der Waals surface area (Å²) in [6, 6.07) is 3.08. The van der Waals surface area contributed by atoms with Gasteiger partial charge in [-0.2, -0.15) is 5.10 Å². The number of aryl methyl sites for hydroxylation is 1. The van der Waals surface area contributed by atoms with E-state index in [1.54, 1.807) is 16.9 Å². The first-order valence-electron chi connectivity index (χ1n) is 6.00. The topological polar surface area (TPSA) is 99.0 Å². The number of nitrogens with one attached hydrogen (secondary N) is 1. The van der Waals surface area contributed by atoms with E-state index in [2.05, 4.69) is 10.4 Å². The number of carbonyl (C=O) groups is 1. The maximum atomic E-state index is 11.5. The molecule has 0 radical (unpaired) electrons. The number of rotatable bonds is 4. The van der Waals surface area contributed by atoms with Gasteiger partial charge in [0.1, 0.15) is 0 Å². The number of halogens is 1. The Balaban J connectivity index is 2.29. The third kappa shape index (κ3) is 2.70. The van der Waals surface area contributed by atoms with Gasteiger partial charge in [0.15, 0.2) is 0 Å². The zero-order valence-corrected chi connectivity index (χ0v) is 12.0. The molecule has 0 saturated carbocycles. The maximum Gasteiger partial charge on any atom is 0.250 e. The number of aromatic nitrogens is 2. The fraction of sp³-hybridized carbons (Fsp3) is 0.231. The van der Waals surface area contributed by atoms with Crippen molar-refractivity contribution in [3.05, 3.63) is 40.2 Å². The monoisotopic (exact) mass is 293 g/mol. The molecule has 106 valence electrons. The molecule has 0 saturated heterocycles. The fourth-order valence-corrected chi connectivity index (χ4v) is 2.20. The van der Waals surface area contributed by atoms with Crippen LogP contribution in [0.15, 0.2) is 18.3 Å². The van der Waals surface area contributed by atoms with Gasteiger partial charge in [-0.25, -0.2) is 0 Å². The molecule has 0 aliphatic carbocycles. The lowest BCUT2D eigenvalue weighted by Crippen LogP contribution is -2.15.